The molecule has 1 unspecified atom stereocenters. The van der Waals surface area contributed by atoms with Crippen LogP contribution in [0.1, 0.15) is 38.2 Å². The maximum Gasteiger partial charge on any atom is 0.146 e. The van der Waals surface area contributed by atoms with Gasteiger partial charge in [0.05, 0.1) is 5.69 Å². The molecule has 0 radical (unpaired) electrons. The second-order valence-corrected chi connectivity index (χ2v) is 5.18. The number of hydrogen-bond donors (Lipinski definition) is 1. The molecule has 1 saturated heterocycles. The Morgan fingerprint density at radius 1 is 1.33 bits per heavy atom. The molecular weight excluding hydrogens is 227 g/mol. The first kappa shape index (κ1) is 13.3. The molecule has 3 heteroatoms. The fourth-order valence-corrected chi connectivity index (χ4v) is 2.75. The molecule has 100 valence electrons. The molecule has 1 aliphatic rings. The van der Waals surface area contributed by atoms with Gasteiger partial charge in [0.2, 0.25) is 0 Å². The summed E-state index contributed by atoms with van der Waals surface area (Å²) in [5.74, 6) is 0.675. The van der Waals surface area contributed by atoms with Gasteiger partial charge in [0.25, 0.3) is 0 Å². The number of halogens is 1. The van der Waals surface area contributed by atoms with E-state index in [4.69, 9.17) is 5.73 Å². The second kappa shape index (κ2) is 6.19. The van der Waals surface area contributed by atoms with Crippen LogP contribution in [0.2, 0.25) is 0 Å². The van der Waals surface area contributed by atoms with E-state index in [0.717, 1.165) is 36.7 Å². The Bertz CT molecular complexity index is 392. The smallest absolute Gasteiger partial charge is 0.146 e. The van der Waals surface area contributed by atoms with Crippen molar-refractivity contribution in [1.82, 2.24) is 0 Å². The van der Waals surface area contributed by atoms with Gasteiger partial charge in [0.1, 0.15) is 5.82 Å². The molecule has 2 N–H and O–H groups in total. The van der Waals surface area contributed by atoms with Crippen molar-refractivity contribution in [3.63, 3.8) is 0 Å². The van der Waals surface area contributed by atoms with Crippen LogP contribution in [-0.2, 0) is 6.54 Å². The summed E-state index contributed by atoms with van der Waals surface area (Å²) >= 11 is 0. The lowest BCUT2D eigenvalue weighted by molar-refractivity contribution is 0.459. The van der Waals surface area contributed by atoms with Gasteiger partial charge in [-0.1, -0.05) is 19.4 Å². The van der Waals surface area contributed by atoms with Crippen LogP contribution in [0.5, 0.6) is 0 Å². The average molecular weight is 250 g/mol. The van der Waals surface area contributed by atoms with E-state index in [1.54, 1.807) is 6.07 Å². The zero-order valence-electron chi connectivity index (χ0n) is 11.2. The Balaban J connectivity index is 2.11. The molecule has 1 aromatic rings. The van der Waals surface area contributed by atoms with Gasteiger partial charge in [-0.15, -0.1) is 0 Å². The minimum atomic E-state index is -0.132. The van der Waals surface area contributed by atoms with Crippen molar-refractivity contribution in [2.24, 2.45) is 11.7 Å². The van der Waals surface area contributed by atoms with Crippen molar-refractivity contribution in [2.45, 2.75) is 39.2 Å². The van der Waals surface area contributed by atoms with E-state index in [0.29, 0.717) is 6.54 Å². The summed E-state index contributed by atoms with van der Waals surface area (Å²) in [6.45, 7) is 4.58. The Morgan fingerprint density at radius 3 is 2.83 bits per heavy atom. The quantitative estimate of drug-likeness (QED) is 0.892. The van der Waals surface area contributed by atoms with Crippen molar-refractivity contribution in [1.29, 1.82) is 0 Å². The first-order valence-corrected chi connectivity index (χ1v) is 6.98. The van der Waals surface area contributed by atoms with Crippen LogP contribution in [0.15, 0.2) is 18.2 Å². The second-order valence-electron chi connectivity index (χ2n) is 5.18. The highest BCUT2D eigenvalue weighted by atomic mass is 19.1. The van der Waals surface area contributed by atoms with Gasteiger partial charge in [-0.05, 0) is 42.9 Å². The molecule has 0 spiro atoms. The SMILES string of the molecule is CCC1CCCN(c2ccc(CN)cc2F)CC1. The van der Waals surface area contributed by atoms with Crippen molar-refractivity contribution in [3.8, 4) is 0 Å². The summed E-state index contributed by atoms with van der Waals surface area (Å²) in [6, 6.07) is 5.38. The average Bonchev–Trinajstić information content (AvgIpc) is 2.63. The number of nitrogens with two attached hydrogens (primary N) is 1. The van der Waals surface area contributed by atoms with Gasteiger partial charge in [-0.2, -0.15) is 0 Å². The first-order chi connectivity index (χ1) is 8.74. The van der Waals surface area contributed by atoms with Gasteiger partial charge >= 0.3 is 0 Å². The zero-order valence-corrected chi connectivity index (χ0v) is 11.2. The molecule has 2 nitrogen and oxygen atoms in total. The van der Waals surface area contributed by atoms with Gasteiger partial charge in [0.15, 0.2) is 0 Å². The molecule has 0 amide bonds. The lowest BCUT2D eigenvalue weighted by Gasteiger charge is -2.23. The van der Waals surface area contributed by atoms with Gasteiger partial charge in [-0.3, -0.25) is 0 Å². The van der Waals surface area contributed by atoms with Gasteiger partial charge < -0.3 is 10.6 Å². The van der Waals surface area contributed by atoms with E-state index in [2.05, 4.69) is 11.8 Å². The van der Waals surface area contributed by atoms with Crippen molar-refractivity contribution < 1.29 is 4.39 Å². The first-order valence-electron chi connectivity index (χ1n) is 6.98. The molecule has 1 heterocycles. The minimum absolute atomic E-state index is 0.132. The third-order valence-corrected chi connectivity index (χ3v) is 4.01. The van der Waals surface area contributed by atoms with Crippen LogP contribution < -0.4 is 10.6 Å². The van der Waals surface area contributed by atoms with Crippen LogP contribution >= 0.6 is 0 Å². The number of anilines is 1. The van der Waals surface area contributed by atoms with E-state index in [9.17, 15) is 4.39 Å². The fraction of sp³-hybridized carbons (Fsp3) is 0.600. The molecule has 1 aliphatic heterocycles. The maximum absolute atomic E-state index is 14.0. The summed E-state index contributed by atoms with van der Waals surface area (Å²) < 4.78 is 14.0. The fourth-order valence-electron chi connectivity index (χ4n) is 2.75. The van der Waals surface area contributed by atoms with Crippen LogP contribution in [-0.4, -0.2) is 13.1 Å². The van der Waals surface area contributed by atoms with E-state index < -0.39 is 0 Å². The van der Waals surface area contributed by atoms with E-state index in [1.165, 1.54) is 19.3 Å². The Morgan fingerprint density at radius 2 is 2.17 bits per heavy atom. The Labute approximate surface area is 109 Å². The minimum Gasteiger partial charge on any atom is -0.369 e. The predicted octanol–water partition coefficient (Wildman–Crippen LogP) is 3.30. The molecule has 0 aliphatic carbocycles. The predicted molar refractivity (Wildman–Crippen MR) is 74.1 cm³/mol. The number of nitrogens with zero attached hydrogens (tertiary/aromatic N) is 1. The van der Waals surface area contributed by atoms with E-state index in [-0.39, 0.29) is 5.82 Å². The third kappa shape index (κ3) is 3.02. The summed E-state index contributed by atoms with van der Waals surface area (Å²) in [4.78, 5) is 2.19. The monoisotopic (exact) mass is 250 g/mol. The lowest BCUT2D eigenvalue weighted by atomic mass is 9.98. The highest BCUT2D eigenvalue weighted by Gasteiger charge is 2.18. The van der Waals surface area contributed by atoms with Crippen LogP contribution in [0.25, 0.3) is 0 Å². The molecular formula is C15H23FN2. The molecule has 0 aromatic heterocycles. The summed E-state index contributed by atoms with van der Waals surface area (Å²) in [5, 5.41) is 0. The Kier molecular flexibility index (Phi) is 4.59. The van der Waals surface area contributed by atoms with E-state index >= 15 is 0 Å². The van der Waals surface area contributed by atoms with Crippen LogP contribution in [0.4, 0.5) is 10.1 Å². The zero-order chi connectivity index (χ0) is 13.0. The number of rotatable bonds is 3. The molecule has 1 aromatic carbocycles. The molecule has 18 heavy (non-hydrogen) atoms. The molecule has 1 fully saturated rings. The van der Waals surface area contributed by atoms with Gasteiger partial charge in [0, 0.05) is 19.6 Å². The number of hydrogen-bond acceptors (Lipinski definition) is 2. The highest BCUT2D eigenvalue weighted by Crippen LogP contribution is 2.26. The summed E-state index contributed by atoms with van der Waals surface area (Å²) in [6.07, 6.45) is 4.85. The molecule has 1 atom stereocenters. The summed E-state index contributed by atoms with van der Waals surface area (Å²) in [5.41, 5.74) is 7.13. The van der Waals surface area contributed by atoms with Gasteiger partial charge in [-0.25, -0.2) is 4.39 Å². The largest absolute Gasteiger partial charge is 0.369 e. The third-order valence-electron chi connectivity index (χ3n) is 4.01. The topological polar surface area (TPSA) is 29.3 Å². The standard InChI is InChI=1S/C15H23FN2/c1-2-12-4-3-8-18(9-7-12)15-6-5-13(11-17)10-14(15)16/h5-6,10,12H,2-4,7-9,11,17H2,1H3. The van der Waals surface area contributed by atoms with Crippen LogP contribution in [0, 0.1) is 11.7 Å². The normalized spacial score (nSPS) is 20.8. The lowest BCUT2D eigenvalue weighted by Crippen LogP contribution is -2.25. The Hall–Kier alpha value is -1.09. The molecule has 2 rings (SSSR count). The van der Waals surface area contributed by atoms with Crippen LogP contribution in [0.3, 0.4) is 0 Å². The summed E-state index contributed by atoms with van der Waals surface area (Å²) in [7, 11) is 0. The number of benzene rings is 1. The van der Waals surface area contributed by atoms with Crippen molar-refractivity contribution in [2.75, 3.05) is 18.0 Å². The maximum atomic E-state index is 14.0. The molecule has 0 saturated carbocycles. The molecule has 0 bridgehead atoms. The highest BCUT2D eigenvalue weighted by molar-refractivity contribution is 5.49. The van der Waals surface area contributed by atoms with Crippen molar-refractivity contribution in [3.05, 3.63) is 29.6 Å². The van der Waals surface area contributed by atoms with Crippen molar-refractivity contribution >= 4 is 5.69 Å². The van der Waals surface area contributed by atoms with E-state index in [1.807, 2.05) is 12.1 Å².